The Morgan fingerprint density at radius 2 is 2.18 bits per heavy atom. The third-order valence-electron chi connectivity index (χ3n) is 3.35. The lowest BCUT2D eigenvalue weighted by Crippen LogP contribution is -2.30. The third-order valence-corrected chi connectivity index (χ3v) is 3.68. The van der Waals surface area contributed by atoms with Crippen molar-refractivity contribution in [1.82, 2.24) is 10.9 Å². The van der Waals surface area contributed by atoms with Gasteiger partial charge in [-0.25, -0.2) is 5.43 Å². The van der Waals surface area contributed by atoms with Crippen molar-refractivity contribution in [2.24, 2.45) is 11.7 Å². The molecule has 1 saturated heterocycles. The maximum absolute atomic E-state index is 6.27. The van der Waals surface area contributed by atoms with Gasteiger partial charge in [0.15, 0.2) is 0 Å². The first-order valence-corrected chi connectivity index (χ1v) is 6.09. The molecule has 0 amide bonds. The molecular formula is C12H18ClN3O. The molecule has 3 atom stereocenters. The smallest absolute Gasteiger partial charge is 0.120 e. The van der Waals surface area contributed by atoms with E-state index in [0.717, 1.165) is 11.3 Å². The molecule has 17 heavy (non-hydrogen) atoms. The third kappa shape index (κ3) is 2.40. The molecule has 0 spiro atoms. The fourth-order valence-electron chi connectivity index (χ4n) is 2.26. The molecule has 1 heterocycles. The van der Waals surface area contributed by atoms with Gasteiger partial charge in [-0.3, -0.25) is 5.43 Å². The molecule has 4 N–H and O–H groups in total. The van der Waals surface area contributed by atoms with Crippen molar-refractivity contribution in [3.05, 3.63) is 28.8 Å². The first-order chi connectivity index (χ1) is 8.17. The van der Waals surface area contributed by atoms with Gasteiger partial charge in [-0.2, -0.15) is 0 Å². The van der Waals surface area contributed by atoms with Crippen molar-refractivity contribution >= 4 is 11.6 Å². The predicted octanol–water partition coefficient (Wildman–Crippen LogP) is 1.46. The minimum absolute atomic E-state index is 0.147. The highest BCUT2D eigenvalue weighted by atomic mass is 35.5. The average Bonchev–Trinajstić information content (AvgIpc) is 2.70. The number of rotatable bonds is 3. The maximum atomic E-state index is 6.27. The largest absolute Gasteiger partial charge is 0.497 e. The summed E-state index contributed by atoms with van der Waals surface area (Å²) in [5.41, 5.74) is 13.3. The van der Waals surface area contributed by atoms with Crippen LogP contribution in [0.2, 0.25) is 5.02 Å². The fourth-order valence-corrected chi connectivity index (χ4v) is 2.55. The molecule has 5 heteroatoms. The lowest BCUT2D eigenvalue weighted by Gasteiger charge is -2.20. The van der Waals surface area contributed by atoms with E-state index in [0.29, 0.717) is 23.5 Å². The van der Waals surface area contributed by atoms with Gasteiger partial charge in [-0.15, -0.1) is 0 Å². The fraction of sp³-hybridized carbons (Fsp3) is 0.500. The van der Waals surface area contributed by atoms with Crippen LogP contribution in [-0.4, -0.2) is 19.7 Å². The Bertz CT molecular complexity index is 399. The lowest BCUT2D eigenvalue weighted by atomic mass is 9.90. The van der Waals surface area contributed by atoms with Gasteiger partial charge in [0, 0.05) is 17.0 Å². The van der Waals surface area contributed by atoms with Crippen molar-refractivity contribution in [3.63, 3.8) is 0 Å². The van der Waals surface area contributed by atoms with Gasteiger partial charge in [0.25, 0.3) is 0 Å². The van der Waals surface area contributed by atoms with Crippen molar-refractivity contribution < 1.29 is 4.74 Å². The van der Waals surface area contributed by atoms with Crippen molar-refractivity contribution in [2.75, 3.05) is 13.7 Å². The Hall–Kier alpha value is -0.810. The molecule has 0 bridgehead atoms. The number of benzene rings is 1. The zero-order chi connectivity index (χ0) is 12.4. The van der Waals surface area contributed by atoms with Gasteiger partial charge in [0.05, 0.1) is 13.2 Å². The average molecular weight is 256 g/mol. The van der Waals surface area contributed by atoms with Crippen molar-refractivity contribution in [1.29, 1.82) is 0 Å². The molecule has 0 aromatic heterocycles. The highest BCUT2D eigenvalue weighted by Crippen LogP contribution is 2.34. The zero-order valence-corrected chi connectivity index (χ0v) is 10.8. The minimum atomic E-state index is 0.147. The van der Waals surface area contributed by atoms with Crippen LogP contribution in [-0.2, 0) is 0 Å². The number of halogens is 1. The molecule has 0 saturated carbocycles. The summed E-state index contributed by atoms with van der Waals surface area (Å²) in [4.78, 5) is 0. The van der Waals surface area contributed by atoms with Gasteiger partial charge in [-0.05, 0) is 31.2 Å². The van der Waals surface area contributed by atoms with Gasteiger partial charge in [-0.1, -0.05) is 17.7 Å². The second-order valence-electron chi connectivity index (χ2n) is 4.34. The minimum Gasteiger partial charge on any atom is -0.497 e. The summed E-state index contributed by atoms with van der Waals surface area (Å²) < 4.78 is 5.14. The second kappa shape index (κ2) is 5.23. The SMILES string of the molecule is COc1ccc(C2NNC(C)C2CN)c(Cl)c1. The van der Waals surface area contributed by atoms with Crippen LogP contribution >= 0.6 is 11.6 Å². The van der Waals surface area contributed by atoms with E-state index in [-0.39, 0.29) is 6.04 Å². The van der Waals surface area contributed by atoms with Gasteiger partial charge in [0.2, 0.25) is 0 Å². The summed E-state index contributed by atoms with van der Waals surface area (Å²) >= 11 is 6.27. The van der Waals surface area contributed by atoms with E-state index in [1.807, 2.05) is 18.2 Å². The topological polar surface area (TPSA) is 59.3 Å². The second-order valence-corrected chi connectivity index (χ2v) is 4.75. The Morgan fingerprint density at radius 3 is 2.76 bits per heavy atom. The van der Waals surface area contributed by atoms with Gasteiger partial charge >= 0.3 is 0 Å². The molecule has 1 aliphatic heterocycles. The molecule has 4 nitrogen and oxygen atoms in total. The number of hydrogen-bond donors (Lipinski definition) is 3. The quantitative estimate of drug-likeness (QED) is 0.766. The summed E-state index contributed by atoms with van der Waals surface area (Å²) in [7, 11) is 1.63. The van der Waals surface area contributed by atoms with E-state index < -0.39 is 0 Å². The summed E-state index contributed by atoms with van der Waals surface area (Å²) in [5.74, 6) is 1.10. The molecule has 1 fully saturated rings. The molecule has 0 aliphatic carbocycles. The van der Waals surface area contributed by atoms with E-state index in [4.69, 9.17) is 22.1 Å². The van der Waals surface area contributed by atoms with E-state index in [9.17, 15) is 0 Å². The Balaban J connectivity index is 2.28. The van der Waals surface area contributed by atoms with Gasteiger partial charge < -0.3 is 10.5 Å². The van der Waals surface area contributed by atoms with E-state index in [1.165, 1.54) is 0 Å². The van der Waals surface area contributed by atoms with Crippen molar-refractivity contribution in [3.8, 4) is 5.75 Å². The lowest BCUT2D eigenvalue weighted by molar-refractivity contribution is 0.413. The molecule has 2 rings (SSSR count). The van der Waals surface area contributed by atoms with E-state index in [1.54, 1.807) is 7.11 Å². The Labute approximate surface area is 106 Å². The number of hydrogen-bond acceptors (Lipinski definition) is 4. The summed E-state index contributed by atoms with van der Waals surface area (Å²) in [6.07, 6.45) is 0. The van der Waals surface area contributed by atoms with Crippen LogP contribution in [0.15, 0.2) is 18.2 Å². The Kier molecular flexibility index (Phi) is 3.89. The number of hydrazine groups is 1. The standard InChI is InChI=1S/C12H18ClN3O/c1-7-10(6-14)12(16-15-7)9-4-3-8(17-2)5-11(9)13/h3-5,7,10,12,15-16H,6,14H2,1-2H3. The maximum Gasteiger partial charge on any atom is 0.120 e. The van der Waals surface area contributed by atoms with E-state index in [2.05, 4.69) is 17.8 Å². The molecule has 1 aromatic rings. The van der Waals surface area contributed by atoms with Crippen LogP contribution in [0.4, 0.5) is 0 Å². The highest BCUT2D eigenvalue weighted by Gasteiger charge is 2.33. The van der Waals surface area contributed by atoms with E-state index >= 15 is 0 Å². The van der Waals surface area contributed by atoms with Crippen LogP contribution in [0.3, 0.4) is 0 Å². The molecule has 1 aromatic carbocycles. The summed E-state index contributed by atoms with van der Waals surface area (Å²) in [6.45, 7) is 2.73. The summed E-state index contributed by atoms with van der Waals surface area (Å²) in [5, 5.41) is 0.705. The Morgan fingerprint density at radius 1 is 1.41 bits per heavy atom. The molecule has 1 aliphatic rings. The molecule has 94 valence electrons. The van der Waals surface area contributed by atoms with Crippen LogP contribution in [0.1, 0.15) is 18.5 Å². The number of nitrogens with two attached hydrogens (primary N) is 1. The first kappa shape index (κ1) is 12.6. The molecular weight excluding hydrogens is 238 g/mol. The number of ether oxygens (including phenoxy) is 1. The van der Waals surface area contributed by atoms with Crippen LogP contribution in [0.5, 0.6) is 5.75 Å². The van der Waals surface area contributed by atoms with Gasteiger partial charge in [0.1, 0.15) is 5.75 Å². The van der Waals surface area contributed by atoms with Crippen molar-refractivity contribution in [2.45, 2.75) is 19.0 Å². The normalized spacial score (nSPS) is 28.4. The number of methoxy groups -OCH3 is 1. The highest BCUT2D eigenvalue weighted by molar-refractivity contribution is 6.31. The van der Waals surface area contributed by atoms with Crippen LogP contribution in [0, 0.1) is 5.92 Å². The van der Waals surface area contributed by atoms with Crippen LogP contribution in [0.25, 0.3) is 0 Å². The van der Waals surface area contributed by atoms with Crippen LogP contribution < -0.4 is 21.3 Å². The predicted molar refractivity (Wildman–Crippen MR) is 69.0 cm³/mol. The number of nitrogens with one attached hydrogen (secondary N) is 2. The zero-order valence-electron chi connectivity index (χ0n) is 10.0. The summed E-state index contributed by atoms with van der Waals surface area (Å²) in [6, 6.07) is 6.21. The first-order valence-electron chi connectivity index (χ1n) is 5.72. The molecule has 0 radical (unpaired) electrons. The molecule has 3 unspecified atom stereocenters. The monoisotopic (exact) mass is 255 g/mol.